The standard InChI is InChI=1S/C16H16N2O6/c19-12(10-3-4-22-9-10)8-17-15(20)16(21)18-11-1-2-13-14(7-11)24-6-5-23-13/h1-4,7,9,12,19H,5-6,8H2,(H,17,20)(H,18,21)/t12-/m0/s1. The lowest BCUT2D eigenvalue weighted by molar-refractivity contribution is -0.136. The Labute approximate surface area is 137 Å². The first kappa shape index (κ1) is 15.9. The number of rotatable bonds is 4. The SMILES string of the molecule is O=C(NC[C@H](O)c1ccoc1)C(=O)Nc1ccc2c(c1)OCCO2. The number of amides is 2. The van der Waals surface area contributed by atoms with Crippen LogP contribution in [-0.4, -0.2) is 36.7 Å². The highest BCUT2D eigenvalue weighted by molar-refractivity contribution is 6.39. The lowest BCUT2D eigenvalue weighted by Crippen LogP contribution is -2.37. The third-order valence-electron chi connectivity index (χ3n) is 3.39. The summed E-state index contributed by atoms with van der Waals surface area (Å²) in [6, 6.07) is 6.43. The molecule has 0 saturated carbocycles. The van der Waals surface area contributed by atoms with Crippen molar-refractivity contribution in [3.8, 4) is 11.5 Å². The van der Waals surface area contributed by atoms with Crippen molar-refractivity contribution in [3.63, 3.8) is 0 Å². The molecule has 126 valence electrons. The van der Waals surface area contributed by atoms with Crippen LogP contribution in [0.4, 0.5) is 5.69 Å². The molecule has 24 heavy (non-hydrogen) atoms. The fourth-order valence-electron chi connectivity index (χ4n) is 2.16. The second kappa shape index (κ2) is 7.05. The van der Waals surface area contributed by atoms with Gasteiger partial charge < -0.3 is 29.6 Å². The van der Waals surface area contributed by atoms with Crippen LogP contribution in [0.1, 0.15) is 11.7 Å². The number of hydrogen-bond acceptors (Lipinski definition) is 6. The third-order valence-corrected chi connectivity index (χ3v) is 3.39. The Balaban J connectivity index is 1.53. The van der Waals surface area contributed by atoms with E-state index in [-0.39, 0.29) is 6.54 Å². The van der Waals surface area contributed by atoms with E-state index in [4.69, 9.17) is 13.9 Å². The molecule has 1 aliphatic rings. The summed E-state index contributed by atoms with van der Waals surface area (Å²) in [5.74, 6) is -0.597. The maximum absolute atomic E-state index is 11.9. The number of benzene rings is 1. The van der Waals surface area contributed by atoms with E-state index in [1.807, 2.05) is 0 Å². The van der Waals surface area contributed by atoms with E-state index in [0.717, 1.165) is 0 Å². The smallest absolute Gasteiger partial charge is 0.313 e. The molecular weight excluding hydrogens is 316 g/mol. The molecule has 0 bridgehead atoms. The lowest BCUT2D eigenvalue weighted by atomic mass is 10.2. The van der Waals surface area contributed by atoms with Crippen LogP contribution in [0.15, 0.2) is 41.2 Å². The summed E-state index contributed by atoms with van der Waals surface area (Å²) in [4.78, 5) is 23.7. The molecule has 0 aliphatic carbocycles. The molecule has 2 amide bonds. The van der Waals surface area contributed by atoms with Crippen molar-refractivity contribution in [3.05, 3.63) is 42.4 Å². The summed E-state index contributed by atoms with van der Waals surface area (Å²) < 4.78 is 15.6. The van der Waals surface area contributed by atoms with Crippen LogP contribution >= 0.6 is 0 Å². The van der Waals surface area contributed by atoms with Crippen molar-refractivity contribution < 1.29 is 28.6 Å². The van der Waals surface area contributed by atoms with Gasteiger partial charge in [0.15, 0.2) is 11.5 Å². The number of furan rings is 1. The Morgan fingerprint density at radius 1 is 1.12 bits per heavy atom. The Hall–Kier alpha value is -3.00. The van der Waals surface area contributed by atoms with Gasteiger partial charge in [-0.05, 0) is 18.2 Å². The van der Waals surface area contributed by atoms with Gasteiger partial charge in [0.1, 0.15) is 13.2 Å². The minimum atomic E-state index is -0.949. The van der Waals surface area contributed by atoms with E-state index in [1.54, 1.807) is 24.3 Å². The molecule has 0 fully saturated rings. The number of carbonyl (C=O) groups is 2. The predicted molar refractivity (Wildman–Crippen MR) is 82.7 cm³/mol. The van der Waals surface area contributed by atoms with Gasteiger partial charge >= 0.3 is 11.8 Å². The number of aliphatic hydroxyl groups is 1. The Morgan fingerprint density at radius 3 is 2.67 bits per heavy atom. The van der Waals surface area contributed by atoms with Crippen LogP contribution in [0.5, 0.6) is 11.5 Å². The van der Waals surface area contributed by atoms with E-state index in [0.29, 0.717) is 36.0 Å². The van der Waals surface area contributed by atoms with E-state index in [9.17, 15) is 14.7 Å². The lowest BCUT2D eigenvalue weighted by Gasteiger charge is -2.19. The van der Waals surface area contributed by atoms with E-state index >= 15 is 0 Å². The third kappa shape index (κ3) is 3.66. The number of nitrogens with one attached hydrogen (secondary N) is 2. The average molecular weight is 332 g/mol. The normalized spacial score (nSPS) is 13.9. The minimum absolute atomic E-state index is 0.104. The van der Waals surface area contributed by atoms with E-state index < -0.39 is 17.9 Å². The van der Waals surface area contributed by atoms with Crippen molar-refractivity contribution in [1.82, 2.24) is 5.32 Å². The zero-order valence-electron chi connectivity index (χ0n) is 12.7. The molecule has 3 rings (SSSR count). The number of fused-ring (bicyclic) bond motifs is 1. The monoisotopic (exact) mass is 332 g/mol. The molecule has 8 nitrogen and oxygen atoms in total. The predicted octanol–water partition coefficient (Wildman–Crippen LogP) is 0.839. The quantitative estimate of drug-likeness (QED) is 0.716. The molecule has 0 radical (unpaired) electrons. The first-order valence-corrected chi connectivity index (χ1v) is 7.32. The van der Waals surface area contributed by atoms with Crippen LogP contribution in [0.3, 0.4) is 0 Å². The van der Waals surface area contributed by atoms with Crippen LogP contribution in [-0.2, 0) is 9.59 Å². The van der Waals surface area contributed by atoms with Gasteiger partial charge in [-0.25, -0.2) is 0 Å². The van der Waals surface area contributed by atoms with Crippen molar-refractivity contribution in [2.24, 2.45) is 0 Å². The number of anilines is 1. The van der Waals surface area contributed by atoms with Gasteiger partial charge in [-0.15, -0.1) is 0 Å². The summed E-state index contributed by atoms with van der Waals surface area (Å²) >= 11 is 0. The topological polar surface area (TPSA) is 110 Å². The van der Waals surface area contributed by atoms with Crippen molar-refractivity contribution in [2.75, 3.05) is 25.1 Å². The summed E-state index contributed by atoms with van der Waals surface area (Å²) in [7, 11) is 0. The first-order valence-electron chi connectivity index (χ1n) is 7.32. The van der Waals surface area contributed by atoms with Gasteiger partial charge in [-0.1, -0.05) is 0 Å². The van der Waals surface area contributed by atoms with Gasteiger partial charge in [0.2, 0.25) is 0 Å². The number of hydrogen-bond donors (Lipinski definition) is 3. The molecule has 0 unspecified atom stereocenters. The summed E-state index contributed by atoms with van der Waals surface area (Å²) in [5, 5.41) is 14.6. The van der Waals surface area contributed by atoms with Gasteiger partial charge in [-0.2, -0.15) is 0 Å². The fraction of sp³-hybridized carbons (Fsp3) is 0.250. The van der Waals surface area contributed by atoms with Crippen LogP contribution < -0.4 is 20.1 Å². The fourth-order valence-corrected chi connectivity index (χ4v) is 2.16. The zero-order chi connectivity index (χ0) is 16.9. The number of carbonyl (C=O) groups excluding carboxylic acids is 2. The molecule has 0 saturated heterocycles. The maximum atomic E-state index is 11.9. The molecule has 0 spiro atoms. The second-order valence-electron chi connectivity index (χ2n) is 5.10. The molecular formula is C16H16N2O6. The zero-order valence-corrected chi connectivity index (χ0v) is 12.7. The number of ether oxygens (including phenoxy) is 2. The van der Waals surface area contributed by atoms with Gasteiger partial charge in [-0.3, -0.25) is 9.59 Å². The highest BCUT2D eigenvalue weighted by Gasteiger charge is 2.18. The van der Waals surface area contributed by atoms with Gasteiger partial charge in [0, 0.05) is 23.9 Å². The highest BCUT2D eigenvalue weighted by Crippen LogP contribution is 2.32. The Kier molecular flexibility index (Phi) is 4.66. The Morgan fingerprint density at radius 2 is 1.92 bits per heavy atom. The maximum Gasteiger partial charge on any atom is 0.313 e. The molecule has 1 aliphatic heterocycles. The summed E-state index contributed by atoms with van der Waals surface area (Å²) in [5.41, 5.74) is 0.928. The van der Waals surface area contributed by atoms with Crippen LogP contribution in [0.2, 0.25) is 0 Å². The molecule has 3 N–H and O–H groups in total. The molecule has 8 heteroatoms. The molecule has 2 aromatic rings. The molecule has 1 aromatic heterocycles. The molecule has 1 atom stereocenters. The first-order chi connectivity index (χ1) is 11.6. The largest absolute Gasteiger partial charge is 0.486 e. The van der Waals surface area contributed by atoms with Crippen molar-refractivity contribution >= 4 is 17.5 Å². The van der Waals surface area contributed by atoms with E-state index in [1.165, 1.54) is 12.5 Å². The average Bonchev–Trinajstić information content (AvgIpc) is 3.14. The summed E-state index contributed by atoms with van der Waals surface area (Å²) in [6.45, 7) is 0.795. The van der Waals surface area contributed by atoms with Crippen molar-refractivity contribution in [2.45, 2.75) is 6.10 Å². The minimum Gasteiger partial charge on any atom is -0.486 e. The molecule has 1 aromatic carbocycles. The molecule has 2 heterocycles. The Bertz CT molecular complexity index is 728. The highest BCUT2D eigenvalue weighted by atomic mass is 16.6. The van der Waals surface area contributed by atoms with Gasteiger partial charge in [0.05, 0.1) is 18.6 Å². The van der Waals surface area contributed by atoms with E-state index in [2.05, 4.69) is 10.6 Å². The van der Waals surface area contributed by atoms with Crippen molar-refractivity contribution in [1.29, 1.82) is 0 Å². The van der Waals surface area contributed by atoms with Crippen LogP contribution in [0.25, 0.3) is 0 Å². The van der Waals surface area contributed by atoms with Gasteiger partial charge in [0.25, 0.3) is 0 Å². The van der Waals surface area contributed by atoms with Crippen LogP contribution in [0, 0.1) is 0 Å². The summed E-state index contributed by atoms with van der Waals surface area (Å²) in [6.07, 6.45) is 1.83. The second-order valence-corrected chi connectivity index (χ2v) is 5.10. The number of aliphatic hydroxyl groups excluding tert-OH is 1.